The molecule has 100 valence electrons. The summed E-state index contributed by atoms with van der Waals surface area (Å²) in [6, 6.07) is 9.49. The third-order valence-corrected chi connectivity index (χ3v) is 4.38. The molecule has 1 atom stereocenters. The van der Waals surface area contributed by atoms with Crippen molar-refractivity contribution in [3.05, 3.63) is 29.8 Å². The molecule has 0 radical (unpaired) electrons. The maximum absolute atomic E-state index is 3.28. The molecule has 1 heterocycles. The molecule has 0 amide bonds. The number of nitrogens with zero attached hydrogens (tertiary/aromatic N) is 1. The Hall–Kier alpha value is -1.02. The van der Waals surface area contributed by atoms with Gasteiger partial charge in [-0.2, -0.15) is 0 Å². The first kappa shape index (κ1) is 13.4. The molecule has 1 aliphatic heterocycles. The second-order valence-electron chi connectivity index (χ2n) is 5.44. The Kier molecular flexibility index (Phi) is 4.65. The molecule has 0 saturated carbocycles. The molecule has 0 spiro atoms. The maximum atomic E-state index is 3.28. The van der Waals surface area contributed by atoms with Crippen LogP contribution in [0, 0.1) is 5.92 Å². The quantitative estimate of drug-likeness (QED) is 0.873. The summed E-state index contributed by atoms with van der Waals surface area (Å²) in [5, 5.41) is 3.28. The van der Waals surface area contributed by atoms with Crippen molar-refractivity contribution in [2.24, 2.45) is 5.92 Å². The molecular weight excluding hydrogens is 220 g/mol. The van der Waals surface area contributed by atoms with Crippen LogP contribution >= 0.6 is 0 Å². The van der Waals surface area contributed by atoms with E-state index in [0.717, 1.165) is 5.92 Å². The van der Waals surface area contributed by atoms with Crippen molar-refractivity contribution in [3.63, 3.8) is 0 Å². The fraction of sp³-hybridized carbons (Fsp3) is 0.625. The number of hydrogen-bond acceptors (Lipinski definition) is 2. The van der Waals surface area contributed by atoms with Gasteiger partial charge in [0.25, 0.3) is 0 Å². The second-order valence-corrected chi connectivity index (χ2v) is 5.44. The number of nitrogens with one attached hydrogen (secondary N) is 1. The highest BCUT2D eigenvalue weighted by Gasteiger charge is 2.17. The first-order valence-electron chi connectivity index (χ1n) is 7.26. The maximum Gasteiger partial charge on any atom is 0.0366 e. The first-order chi connectivity index (χ1) is 8.74. The standard InChI is InChI=1S/C16H26N2/c1-4-14-9-11-18(12-10-14)16-7-5-15(6-8-16)13(2)17-3/h5-8,13-14,17H,4,9-12H2,1-3H3. The van der Waals surface area contributed by atoms with Gasteiger partial charge in [0.15, 0.2) is 0 Å². The summed E-state index contributed by atoms with van der Waals surface area (Å²) in [7, 11) is 2.01. The van der Waals surface area contributed by atoms with Gasteiger partial charge in [0.1, 0.15) is 0 Å². The lowest BCUT2D eigenvalue weighted by atomic mass is 9.94. The van der Waals surface area contributed by atoms with Crippen molar-refractivity contribution in [2.75, 3.05) is 25.0 Å². The topological polar surface area (TPSA) is 15.3 Å². The predicted molar refractivity (Wildman–Crippen MR) is 79.1 cm³/mol. The van der Waals surface area contributed by atoms with Crippen LogP contribution in [-0.4, -0.2) is 20.1 Å². The third-order valence-electron chi connectivity index (χ3n) is 4.38. The monoisotopic (exact) mass is 246 g/mol. The van der Waals surface area contributed by atoms with E-state index in [1.54, 1.807) is 0 Å². The number of benzene rings is 1. The molecule has 2 heteroatoms. The molecule has 0 aromatic heterocycles. The van der Waals surface area contributed by atoms with E-state index in [1.807, 2.05) is 7.05 Å². The van der Waals surface area contributed by atoms with E-state index in [0.29, 0.717) is 6.04 Å². The van der Waals surface area contributed by atoms with Crippen LogP contribution in [-0.2, 0) is 0 Å². The van der Waals surface area contributed by atoms with Crippen LogP contribution in [0.15, 0.2) is 24.3 Å². The molecule has 1 aliphatic rings. The fourth-order valence-corrected chi connectivity index (χ4v) is 2.74. The SMILES string of the molecule is CCC1CCN(c2ccc(C(C)NC)cc2)CC1. The molecule has 0 bridgehead atoms. The average molecular weight is 246 g/mol. The van der Waals surface area contributed by atoms with Gasteiger partial charge < -0.3 is 10.2 Å². The van der Waals surface area contributed by atoms with E-state index >= 15 is 0 Å². The van der Waals surface area contributed by atoms with Crippen LogP contribution in [0.1, 0.15) is 44.7 Å². The van der Waals surface area contributed by atoms with Gasteiger partial charge in [0, 0.05) is 24.8 Å². The summed E-state index contributed by atoms with van der Waals surface area (Å²) in [5.41, 5.74) is 2.75. The van der Waals surface area contributed by atoms with E-state index < -0.39 is 0 Å². The molecule has 0 aliphatic carbocycles. The zero-order chi connectivity index (χ0) is 13.0. The fourth-order valence-electron chi connectivity index (χ4n) is 2.74. The molecular formula is C16H26N2. The van der Waals surface area contributed by atoms with Gasteiger partial charge in [-0.25, -0.2) is 0 Å². The third kappa shape index (κ3) is 3.05. The second kappa shape index (κ2) is 6.24. The minimum atomic E-state index is 0.435. The highest BCUT2D eigenvalue weighted by molar-refractivity contribution is 5.48. The van der Waals surface area contributed by atoms with E-state index in [4.69, 9.17) is 0 Å². The van der Waals surface area contributed by atoms with Gasteiger partial charge in [0.05, 0.1) is 0 Å². The minimum absolute atomic E-state index is 0.435. The summed E-state index contributed by atoms with van der Waals surface area (Å²) in [6.45, 7) is 6.95. The number of hydrogen-bond donors (Lipinski definition) is 1. The smallest absolute Gasteiger partial charge is 0.0366 e. The number of rotatable bonds is 4. The lowest BCUT2D eigenvalue weighted by molar-refractivity contribution is 0.395. The molecule has 1 N–H and O–H groups in total. The van der Waals surface area contributed by atoms with Gasteiger partial charge in [-0.1, -0.05) is 25.5 Å². The van der Waals surface area contributed by atoms with Gasteiger partial charge >= 0.3 is 0 Å². The Morgan fingerprint density at radius 2 is 1.83 bits per heavy atom. The Morgan fingerprint density at radius 1 is 1.22 bits per heavy atom. The van der Waals surface area contributed by atoms with Crippen LogP contribution < -0.4 is 10.2 Å². The summed E-state index contributed by atoms with van der Waals surface area (Å²) in [5.74, 6) is 0.949. The van der Waals surface area contributed by atoms with Crippen molar-refractivity contribution in [1.29, 1.82) is 0 Å². The Bertz CT molecular complexity index is 350. The summed E-state index contributed by atoms with van der Waals surface area (Å²) in [6.07, 6.45) is 4.04. The molecule has 1 aromatic carbocycles. The largest absolute Gasteiger partial charge is 0.372 e. The van der Waals surface area contributed by atoms with Gasteiger partial charge in [-0.15, -0.1) is 0 Å². The van der Waals surface area contributed by atoms with Crippen molar-refractivity contribution >= 4 is 5.69 Å². The zero-order valence-corrected chi connectivity index (χ0v) is 11.9. The van der Waals surface area contributed by atoms with E-state index in [9.17, 15) is 0 Å². The zero-order valence-electron chi connectivity index (χ0n) is 11.9. The summed E-state index contributed by atoms with van der Waals surface area (Å²) >= 11 is 0. The highest BCUT2D eigenvalue weighted by Crippen LogP contribution is 2.26. The molecule has 2 rings (SSSR count). The number of piperidine rings is 1. The Morgan fingerprint density at radius 3 is 2.33 bits per heavy atom. The van der Waals surface area contributed by atoms with Crippen molar-refractivity contribution < 1.29 is 0 Å². The molecule has 18 heavy (non-hydrogen) atoms. The van der Waals surface area contributed by atoms with Crippen LogP contribution in [0.5, 0.6) is 0 Å². The Balaban J connectivity index is 1.98. The molecule has 1 aromatic rings. The van der Waals surface area contributed by atoms with Gasteiger partial charge in [-0.05, 0) is 50.4 Å². The minimum Gasteiger partial charge on any atom is -0.372 e. The molecule has 1 fully saturated rings. The van der Waals surface area contributed by atoms with Gasteiger partial charge in [-0.3, -0.25) is 0 Å². The molecule has 2 nitrogen and oxygen atoms in total. The van der Waals surface area contributed by atoms with E-state index in [-0.39, 0.29) is 0 Å². The van der Waals surface area contributed by atoms with Crippen molar-refractivity contribution in [1.82, 2.24) is 5.32 Å². The lowest BCUT2D eigenvalue weighted by Crippen LogP contribution is -2.33. The van der Waals surface area contributed by atoms with Crippen LogP contribution in [0.2, 0.25) is 0 Å². The van der Waals surface area contributed by atoms with E-state index in [2.05, 4.69) is 48.3 Å². The lowest BCUT2D eigenvalue weighted by Gasteiger charge is -2.33. The summed E-state index contributed by atoms with van der Waals surface area (Å²) < 4.78 is 0. The Labute approximate surface area is 111 Å². The highest BCUT2D eigenvalue weighted by atomic mass is 15.1. The van der Waals surface area contributed by atoms with Crippen molar-refractivity contribution in [3.8, 4) is 0 Å². The van der Waals surface area contributed by atoms with Crippen LogP contribution in [0.25, 0.3) is 0 Å². The van der Waals surface area contributed by atoms with Crippen LogP contribution in [0.4, 0.5) is 5.69 Å². The van der Waals surface area contributed by atoms with Crippen LogP contribution in [0.3, 0.4) is 0 Å². The first-order valence-corrected chi connectivity index (χ1v) is 7.26. The number of anilines is 1. The molecule has 1 unspecified atom stereocenters. The van der Waals surface area contributed by atoms with Crippen molar-refractivity contribution in [2.45, 2.75) is 39.2 Å². The molecule has 1 saturated heterocycles. The van der Waals surface area contributed by atoms with E-state index in [1.165, 1.54) is 43.6 Å². The summed E-state index contributed by atoms with van der Waals surface area (Å²) in [4.78, 5) is 2.53. The normalized spacial score (nSPS) is 18.9. The van der Waals surface area contributed by atoms with Gasteiger partial charge in [0.2, 0.25) is 0 Å². The average Bonchev–Trinajstić information content (AvgIpc) is 2.47. The predicted octanol–water partition coefficient (Wildman–Crippen LogP) is 3.59.